The zero-order chi connectivity index (χ0) is 21.3. The van der Waals surface area contributed by atoms with Crippen molar-refractivity contribution in [3.63, 3.8) is 0 Å². The van der Waals surface area contributed by atoms with Crippen LogP contribution in [0.25, 0.3) is 16.9 Å². The van der Waals surface area contributed by atoms with E-state index in [1.807, 2.05) is 0 Å². The molecule has 0 amide bonds. The van der Waals surface area contributed by atoms with Gasteiger partial charge in [0.1, 0.15) is 17.4 Å². The second-order valence-electron chi connectivity index (χ2n) is 6.36. The minimum atomic E-state index is -4.69. The summed E-state index contributed by atoms with van der Waals surface area (Å²) in [5.41, 5.74) is 1.17. The maximum absolute atomic E-state index is 13.6. The zero-order valence-corrected chi connectivity index (χ0v) is 15.6. The van der Waals surface area contributed by atoms with Crippen molar-refractivity contribution in [2.75, 3.05) is 12.4 Å². The van der Waals surface area contributed by atoms with Crippen molar-refractivity contribution >= 4 is 16.9 Å². The van der Waals surface area contributed by atoms with Crippen LogP contribution in [-0.2, 0) is 12.7 Å². The normalized spacial score (nSPS) is 11.6. The molecule has 0 unspecified atom stereocenters. The summed E-state index contributed by atoms with van der Waals surface area (Å²) in [5, 5.41) is 2.99. The minimum Gasteiger partial charge on any atom is -0.497 e. The van der Waals surface area contributed by atoms with Gasteiger partial charge >= 0.3 is 6.18 Å². The van der Waals surface area contributed by atoms with Gasteiger partial charge in [-0.15, -0.1) is 0 Å². The van der Waals surface area contributed by atoms with E-state index in [1.54, 1.807) is 18.2 Å². The van der Waals surface area contributed by atoms with E-state index in [0.717, 1.165) is 10.1 Å². The van der Waals surface area contributed by atoms with Crippen LogP contribution in [0.4, 0.5) is 23.4 Å². The SMILES string of the molecule is COc1ccc2c(c1)nc(C(F)(F)F)n2-c1cnc(NCc2ccc(F)cc2)cn1. The number of nitrogens with zero attached hydrogens (tertiary/aromatic N) is 4. The predicted octanol–water partition coefficient (Wildman–Crippen LogP) is 4.59. The first-order valence-corrected chi connectivity index (χ1v) is 8.79. The van der Waals surface area contributed by atoms with E-state index in [1.165, 1.54) is 43.8 Å². The van der Waals surface area contributed by atoms with E-state index in [0.29, 0.717) is 18.1 Å². The summed E-state index contributed by atoms with van der Waals surface area (Å²) in [4.78, 5) is 12.0. The van der Waals surface area contributed by atoms with Crippen molar-refractivity contribution in [1.82, 2.24) is 19.5 Å². The molecule has 2 aromatic carbocycles. The van der Waals surface area contributed by atoms with Gasteiger partial charge in [0.15, 0.2) is 5.82 Å². The average Bonchev–Trinajstić information content (AvgIpc) is 3.13. The van der Waals surface area contributed by atoms with E-state index < -0.39 is 12.0 Å². The summed E-state index contributed by atoms with van der Waals surface area (Å²) in [5.74, 6) is -0.710. The van der Waals surface area contributed by atoms with Gasteiger partial charge in [-0.2, -0.15) is 13.2 Å². The maximum atomic E-state index is 13.6. The minimum absolute atomic E-state index is 0.0256. The summed E-state index contributed by atoms with van der Waals surface area (Å²) in [6.45, 7) is 0.357. The Kier molecular flexibility index (Phi) is 4.98. The smallest absolute Gasteiger partial charge is 0.450 e. The van der Waals surface area contributed by atoms with Crippen LogP contribution in [0.3, 0.4) is 0 Å². The van der Waals surface area contributed by atoms with Crippen LogP contribution < -0.4 is 10.1 Å². The summed E-state index contributed by atoms with van der Waals surface area (Å²) in [6, 6.07) is 10.4. The first kappa shape index (κ1) is 19.6. The Balaban J connectivity index is 1.65. The molecule has 2 heterocycles. The van der Waals surface area contributed by atoms with Gasteiger partial charge in [-0.1, -0.05) is 12.1 Å². The molecule has 0 saturated heterocycles. The van der Waals surface area contributed by atoms with Gasteiger partial charge in [0, 0.05) is 12.6 Å². The summed E-state index contributed by atoms with van der Waals surface area (Å²) in [6.07, 6.45) is -2.13. The fourth-order valence-electron chi connectivity index (χ4n) is 2.93. The van der Waals surface area contributed by atoms with Crippen molar-refractivity contribution < 1.29 is 22.3 Å². The van der Waals surface area contributed by atoms with Gasteiger partial charge < -0.3 is 10.1 Å². The molecule has 0 aliphatic heterocycles. The Morgan fingerprint density at radius 2 is 1.80 bits per heavy atom. The highest BCUT2D eigenvalue weighted by Crippen LogP contribution is 2.34. The number of alkyl halides is 3. The van der Waals surface area contributed by atoms with Crippen LogP contribution in [0.5, 0.6) is 5.75 Å². The molecule has 0 fully saturated rings. The van der Waals surface area contributed by atoms with Crippen LogP contribution in [0.1, 0.15) is 11.4 Å². The van der Waals surface area contributed by atoms with Crippen molar-refractivity contribution in [1.29, 1.82) is 0 Å². The standard InChI is InChI=1S/C20H15F4N5O/c1-30-14-6-7-16-15(8-14)28-19(20(22,23)24)29(16)18-11-26-17(10-27-18)25-9-12-2-4-13(21)5-3-12/h2-8,10-11H,9H2,1H3,(H,25,26). The monoisotopic (exact) mass is 417 g/mol. The topological polar surface area (TPSA) is 64.9 Å². The van der Waals surface area contributed by atoms with Crippen molar-refractivity contribution in [2.24, 2.45) is 0 Å². The highest BCUT2D eigenvalue weighted by atomic mass is 19.4. The molecule has 0 saturated carbocycles. The molecular weight excluding hydrogens is 402 g/mol. The molecule has 154 valence electrons. The van der Waals surface area contributed by atoms with Gasteiger partial charge in [-0.25, -0.2) is 19.3 Å². The quantitative estimate of drug-likeness (QED) is 0.481. The molecule has 0 spiro atoms. The Morgan fingerprint density at radius 1 is 1.03 bits per heavy atom. The van der Waals surface area contributed by atoms with E-state index in [2.05, 4.69) is 20.3 Å². The molecule has 4 aromatic rings. The fourth-order valence-corrected chi connectivity index (χ4v) is 2.93. The molecule has 6 nitrogen and oxygen atoms in total. The number of hydrogen-bond donors (Lipinski definition) is 1. The Morgan fingerprint density at radius 3 is 2.43 bits per heavy atom. The molecule has 0 atom stereocenters. The molecule has 0 radical (unpaired) electrons. The van der Waals surface area contributed by atoms with Gasteiger partial charge in [0.05, 0.1) is 30.5 Å². The third kappa shape index (κ3) is 3.88. The van der Waals surface area contributed by atoms with Crippen molar-refractivity contribution in [2.45, 2.75) is 12.7 Å². The van der Waals surface area contributed by atoms with Gasteiger partial charge in [-0.3, -0.25) is 4.57 Å². The lowest BCUT2D eigenvalue weighted by Gasteiger charge is -2.11. The fraction of sp³-hybridized carbons (Fsp3) is 0.150. The number of anilines is 1. The number of aromatic nitrogens is 4. The number of rotatable bonds is 5. The van der Waals surface area contributed by atoms with Crippen molar-refractivity contribution in [3.8, 4) is 11.6 Å². The number of methoxy groups -OCH3 is 1. The highest BCUT2D eigenvalue weighted by molar-refractivity contribution is 5.79. The van der Waals surface area contributed by atoms with E-state index in [4.69, 9.17) is 4.74 Å². The van der Waals surface area contributed by atoms with Crippen molar-refractivity contribution in [3.05, 3.63) is 72.1 Å². The van der Waals surface area contributed by atoms with Crippen LogP contribution >= 0.6 is 0 Å². The van der Waals surface area contributed by atoms with Crippen LogP contribution in [-0.4, -0.2) is 26.6 Å². The molecule has 1 N–H and O–H groups in total. The molecule has 0 aliphatic rings. The van der Waals surface area contributed by atoms with E-state index in [-0.39, 0.29) is 22.7 Å². The number of imidazole rings is 1. The summed E-state index contributed by atoms with van der Waals surface area (Å²) < 4.78 is 59.6. The summed E-state index contributed by atoms with van der Waals surface area (Å²) >= 11 is 0. The van der Waals surface area contributed by atoms with E-state index >= 15 is 0 Å². The third-order valence-corrected chi connectivity index (χ3v) is 4.37. The third-order valence-electron chi connectivity index (χ3n) is 4.37. The second kappa shape index (κ2) is 7.62. The Hall–Kier alpha value is -3.69. The van der Waals surface area contributed by atoms with Gasteiger partial charge in [-0.05, 0) is 29.8 Å². The highest BCUT2D eigenvalue weighted by Gasteiger charge is 2.38. The Labute approximate surface area is 168 Å². The molecule has 10 heteroatoms. The van der Waals surface area contributed by atoms with Crippen LogP contribution in [0, 0.1) is 5.82 Å². The molecule has 30 heavy (non-hydrogen) atoms. The van der Waals surface area contributed by atoms with Gasteiger partial charge in [0.2, 0.25) is 5.82 Å². The molecule has 0 bridgehead atoms. The van der Waals surface area contributed by atoms with E-state index in [9.17, 15) is 17.6 Å². The number of halogens is 4. The lowest BCUT2D eigenvalue weighted by Crippen LogP contribution is -2.15. The van der Waals surface area contributed by atoms with Crippen LogP contribution in [0.15, 0.2) is 54.9 Å². The van der Waals surface area contributed by atoms with Gasteiger partial charge in [0.25, 0.3) is 0 Å². The lowest BCUT2D eigenvalue weighted by molar-refractivity contribution is -0.145. The first-order valence-electron chi connectivity index (χ1n) is 8.79. The number of fused-ring (bicyclic) bond motifs is 1. The Bertz CT molecular complexity index is 1170. The number of benzene rings is 2. The number of hydrogen-bond acceptors (Lipinski definition) is 5. The zero-order valence-electron chi connectivity index (χ0n) is 15.6. The predicted molar refractivity (Wildman–Crippen MR) is 102 cm³/mol. The average molecular weight is 417 g/mol. The summed E-state index contributed by atoms with van der Waals surface area (Å²) in [7, 11) is 1.42. The molecule has 4 rings (SSSR count). The second-order valence-corrected chi connectivity index (χ2v) is 6.36. The van der Waals surface area contributed by atoms with Crippen LogP contribution in [0.2, 0.25) is 0 Å². The molecular formula is C20H15F4N5O. The largest absolute Gasteiger partial charge is 0.497 e. The lowest BCUT2D eigenvalue weighted by atomic mass is 10.2. The molecule has 0 aliphatic carbocycles. The number of nitrogens with one attached hydrogen (secondary N) is 1. The molecule has 2 aromatic heterocycles. The number of ether oxygens (including phenoxy) is 1. The first-order chi connectivity index (χ1) is 14.3. The maximum Gasteiger partial charge on any atom is 0.450 e.